The van der Waals surface area contributed by atoms with E-state index in [0.29, 0.717) is 5.69 Å². The van der Waals surface area contributed by atoms with Crippen molar-refractivity contribution in [2.75, 3.05) is 0 Å². The van der Waals surface area contributed by atoms with E-state index >= 15 is 0 Å². The lowest BCUT2D eigenvalue weighted by atomic mass is 10.1. The van der Waals surface area contributed by atoms with Gasteiger partial charge in [-0.3, -0.25) is 0 Å². The molecule has 0 fully saturated rings. The molecule has 1 aromatic heterocycles. The van der Waals surface area contributed by atoms with E-state index in [4.69, 9.17) is 0 Å². The topological polar surface area (TPSA) is 85.2 Å². The van der Waals surface area contributed by atoms with Gasteiger partial charge in [0.05, 0.1) is 11.7 Å². The monoisotopic (exact) mass is 351 g/mol. The summed E-state index contributed by atoms with van der Waals surface area (Å²) in [5.74, 6) is -2.80. The van der Waals surface area contributed by atoms with Crippen molar-refractivity contribution in [3.8, 4) is 16.9 Å². The van der Waals surface area contributed by atoms with E-state index in [1.807, 2.05) is 10.6 Å². The van der Waals surface area contributed by atoms with Crippen molar-refractivity contribution in [3.05, 3.63) is 77.7 Å². The second-order valence-corrected chi connectivity index (χ2v) is 5.76. The van der Waals surface area contributed by atoms with E-state index in [1.54, 1.807) is 30.3 Å². The minimum atomic E-state index is -1.28. The number of aromatic carboxylic acids is 1. The SMILES string of the molecule is O=C([O-])CCc1ccc(-c2ccc(F)cc2)n1-c1ccc(C(=O)[O-])cc1. The van der Waals surface area contributed by atoms with Gasteiger partial charge in [0.2, 0.25) is 0 Å². The number of halogens is 1. The normalized spacial score (nSPS) is 10.7. The van der Waals surface area contributed by atoms with Crippen LogP contribution in [0.5, 0.6) is 0 Å². The Morgan fingerprint density at radius 3 is 2.12 bits per heavy atom. The fourth-order valence-electron chi connectivity index (χ4n) is 2.80. The number of carbonyl (C=O) groups is 2. The quantitative estimate of drug-likeness (QED) is 0.670. The molecule has 5 nitrogen and oxygen atoms in total. The summed E-state index contributed by atoms with van der Waals surface area (Å²) in [6.07, 6.45) is 0.0930. The fraction of sp³-hybridized carbons (Fsp3) is 0.100. The number of carboxylic acid groups (broad SMARTS) is 2. The van der Waals surface area contributed by atoms with Crippen LogP contribution in [0.15, 0.2) is 60.7 Å². The van der Waals surface area contributed by atoms with Gasteiger partial charge in [0.25, 0.3) is 0 Å². The molecule has 0 atom stereocenters. The molecule has 0 amide bonds. The second-order valence-electron chi connectivity index (χ2n) is 5.76. The van der Waals surface area contributed by atoms with Crippen molar-refractivity contribution >= 4 is 11.9 Å². The summed E-state index contributed by atoms with van der Waals surface area (Å²) in [6.45, 7) is 0. The first-order valence-corrected chi connectivity index (χ1v) is 7.94. The summed E-state index contributed by atoms with van der Waals surface area (Å²) in [5.41, 5.74) is 2.90. The van der Waals surface area contributed by atoms with Gasteiger partial charge in [-0.15, -0.1) is 0 Å². The molecule has 0 N–H and O–H groups in total. The lowest BCUT2D eigenvalue weighted by molar-refractivity contribution is -0.305. The lowest BCUT2D eigenvalue weighted by Crippen LogP contribution is -2.23. The minimum absolute atomic E-state index is 0.0422. The number of carbonyl (C=O) groups excluding carboxylic acids is 2. The molecule has 2 aromatic carbocycles. The van der Waals surface area contributed by atoms with Gasteiger partial charge in [-0.2, -0.15) is 0 Å². The first kappa shape index (κ1) is 17.4. The maximum absolute atomic E-state index is 13.2. The summed E-state index contributed by atoms with van der Waals surface area (Å²) in [7, 11) is 0. The number of hydrogen-bond donors (Lipinski definition) is 0. The molecule has 0 radical (unpaired) electrons. The molecule has 0 spiro atoms. The average molecular weight is 351 g/mol. The van der Waals surface area contributed by atoms with Crippen LogP contribution in [-0.4, -0.2) is 16.5 Å². The van der Waals surface area contributed by atoms with Gasteiger partial charge in [-0.1, -0.05) is 12.1 Å². The number of carboxylic acids is 2. The summed E-state index contributed by atoms with van der Waals surface area (Å²) >= 11 is 0. The molecule has 3 rings (SSSR count). The van der Waals surface area contributed by atoms with Gasteiger partial charge in [-0.05, 0) is 72.5 Å². The van der Waals surface area contributed by atoms with Gasteiger partial charge in [0.1, 0.15) is 5.82 Å². The van der Waals surface area contributed by atoms with Crippen molar-refractivity contribution in [2.24, 2.45) is 0 Å². The molecule has 0 bridgehead atoms. The summed E-state index contributed by atoms with van der Waals surface area (Å²) in [5, 5.41) is 21.8. The number of aryl methyl sites for hydroxylation is 1. The summed E-state index contributed by atoms with van der Waals surface area (Å²) in [4.78, 5) is 21.8. The first-order chi connectivity index (χ1) is 12.5. The van der Waals surface area contributed by atoms with Gasteiger partial charge in [-0.25, -0.2) is 4.39 Å². The van der Waals surface area contributed by atoms with Crippen LogP contribution in [0, 0.1) is 5.82 Å². The zero-order valence-corrected chi connectivity index (χ0v) is 13.6. The Balaban J connectivity index is 2.09. The number of benzene rings is 2. The maximum Gasteiger partial charge on any atom is 0.123 e. The molecule has 3 aromatic rings. The fourth-order valence-corrected chi connectivity index (χ4v) is 2.80. The molecule has 1 heterocycles. The van der Waals surface area contributed by atoms with Gasteiger partial charge in [0, 0.05) is 17.4 Å². The third kappa shape index (κ3) is 3.64. The van der Waals surface area contributed by atoms with Crippen molar-refractivity contribution < 1.29 is 24.2 Å². The summed E-state index contributed by atoms with van der Waals surface area (Å²) < 4.78 is 15.0. The Labute approximate surface area is 149 Å². The minimum Gasteiger partial charge on any atom is -0.550 e. The summed E-state index contributed by atoms with van der Waals surface area (Å²) in [6, 6.07) is 15.6. The number of nitrogens with zero attached hydrogens (tertiary/aromatic N) is 1. The van der Waals surface area contributed by atoms with Crippen molar-refractivity contribution in [3.63, 3.8) is 0 Å². The number of rotatable bonds is 6. The number of hydrogen-bond acceptors (Lipinski definition) is 4. The molecule has 26 heavy (non-hydrogen) atoms. The number of aliphatic carboxylic acids is 1. The van der Waals surface area contributed by atoms with E-state index in [0.717, 1.165) is 17.0 Å². The highest BCUT2D eigenvalue weighted by atomic mass is 19.1. The third-order valence-electron chi connectivity index (χ3n) is 4.05. The van der Waals surface area contributed by atoms with Crippen molar-refractivity contribution in [2.45, 2.75) is 12.8 Å². The molecular weight excluding hydrogens is 337 g/mol. The highest BCUT2D eigenvalue weighted by molar-refractivity contribution is 5.86. The first-order valence-electron chi connectivity index (χ1n) is 7.94. The van der Waals surface area contributed by atoms with Crippen LogP contribution in [0.3, 0.4) is 0 Å². The maximum atomic E-state index is 13.2. The Hall–Kier alpha value is -3.41. The highest BCUT2D eigenvalue weighted by Crippen LogP contribution is 2.28. The third-order valence-corrected chi connectivity index (χ3v) is 4.05. The second kappa shape index (κ2) is 7.23. The average Bonchev–Trinajstić information content (AvgIpc) is 3.04. The van der Waals surface area contributed by atoms with E-state index in [9.17, 15) is 24.2 Å². The van der Waals surface area contributed by atoms with Gasteiger partial charge in [0.15, 0.2) is 0 Å². The Morgan fingerprint density at radius 2 is 1.54 bits per heavy atom. The molecule has 0 saturated heterocycles. The standard InChI is InChI=1S/C20H16FNO4/c21-15-5-1-13(2-6-15)18-11-9-17(10-12-19(23)24)22(18)16-7-3-14(4-8-16)20(25)26/h1-9,11H,10,12H2,(H,23,24)(H,25,26)/p-2. The van der Waals surface area contributed by atoms with Gasteiger partial charge >= 0.3 is 0 Å². The zero-order chi connectivity index (χ0) is 18.7. The molecular formula is C20H14FNO4-2. The largest absolute Gasteiger partial charge is 0.550 e. The molecule has 132 valence electrons. The predicted octanol–water partition coefficient (Wildman–Crippen LogP) is 1.33. The zero-order valence-electron chi connectivity index (χ0n) is 13.6. The van der Waals surface area contributed by atoms with Crippen LogP contribution in [0.25, 0.3) is 16.9 Å². The van der Waals surface area contributed by atoms with E-state index < -0.39 is 11.9 Å². The van der Waals surface area contributed by atoms with E-state index in [2.05, 4.69) is 0 Å². The van der Waals surface area contributed by atoms with E-state index in [-0.39, 0.29) is 24.2 Å². The van der Waals surface area contributed by atoms with Gasteiger partial charge < -0.3 is 24.4 Å². The lowest BCUT2D eigenvalue weighted by Gasteiger charge is -2.15. The Bertz CT molecular complexity index is 943. The van der Waals surface area contributed by atoms with Crippen molar-refractivity contribution in [1.29, 1.82) is 0 Å². The molecule has 0 unspecified atom stereocenters. The molecule has 0 saturated carbocycles. The van der Waals surface area contributed by atoms with Crippen LogP contribution in [0.4, 0.5) is 4.39 Å². The van der Waals surface area contributed by atoms with Crippen LogP contribution in [-0.2, 0) is 11.2 Å². The van der Waals surface area contributed by atoms with Crippen LogP contribution < -0.4 is 10.2 Å². The van der Waals surface area contributed by atoms with Crippen LogP contribution in [0.1, 0.15) is 22.5 Å². The number of aromatic nitrogens is 1. The molecule has 0 aliphatic heterocycles. The smallest absolute Gasteiger partial charge is 0.123 e. The van der Waals surface area contributed by atoms with Crippen LogP contribution in [0.2, 0.25) is 0 Å². The Morgan fingerprint density at radius 1 is 0.885 bits per heavy atom. The molecule has 6 heteroatoms. The molecule has 0 aliphatic rings. The Kier molecular flexibility index (Phi) is 4.84. The van der Waals surface area contributed by atoms with Crippen molar-refractivity contribution in [1.82, 2.24) is 4.57 Å². The van der Waals surface area contributed by atoms with Crippen LogP contribution >= 0.6 is 0 Å². The molecule has 0 aliphatic carbocycles. The van der Waals surface area contributed by atoms with E-state index in [1.165, 1.54) is 24.3 Å². The highest BCUT2D eigenvalue weighted by Gasteiger charge is 2.12. The predicted molar refractivity (Wildman–Crippen MR) is 88.8 cm³/mol.